The summed E-state index contributed by atoms with van der Waals surface area (Å²) in [4.78, 5) is 23.8. The van der Waals surface area contributed by atoms with Crippen LogP contribution in [-0.4, -0.2) is 38.7 Å². The third-order valence-corrected chi connectivity index (χ3v) is 3.99. The van der Waals surface area contributed by atoms with E-state index in [1.165, 1.54) is 12.7 Å². The molecule has 6 nitrogen and oxygen atoms in total. The van der Waals surface area contributed by atoms with E-state index < -0.39 is 5.97 Å². The monoisotopic (exact) mass is 371 g/mol. The van der Waals surface area contributed by atoms with E-state index in [-0.39, 0.29) is 12.5 Å². The number of aryl methyl sites for hydroxylation is 3. The zero-order chi connectivity index (χ0) is 19.8. The van der Waals surface area contributed by atoms with Gasteiger partial charge in [0.05, 0.1) is 19.2 Å². The molecule has 0 heterocycles. The predicted molar refractivity (Wildman–Crippen MR) is 102 cm³/mol. The third-order valence-electron chi connectivity index (χ3n) is 3.99. The summed E-state index contributed by atoms with van der Waals surface area (Å²) in [5.74, 6) is 0.425. The number of carbonyl (C=O) groups excluding carboxylic acids is 2. The van der Waals surface area contributed by atoms with Gasteiger partial charge in [-0.25, -0.2) is 4.79 Å². The van der Waals surface area contributed by atoms with Gasteiger partial charge in [0, 0.05) is 0 Å². The van der Waals surface area contributed by atoms with Crippen molar-refractivity contribution in [2.75, 3.05) is 26.9 Å². The highest BCUT2D eigenvalue weighted by Crippen LogP contribution is 2.19. The molecule has 0 radical (unpaired) electrons. The fraction of sp³-hybridized carbons (Fsp3) is 0.333. The Morgan fingerprint density at radius 3 is 2.44 bits per heavy atom. The molecular weight excluding hydrogens is 346 g/mol. The van der Waals surface area contributed by atoms with Crippen LogP contribution in [0.5, 0.6) is 11.5 Å². The smallest absolute Gasteiger partial charge is 0.338 e. The lowest BCUT2D eigenvalue weighted by Gasteiger charge is -2.11. The van der Waals surface area contributed by atoms with Gasteiger partial charge < -0.3 is 19.5 Å². The number of nitrogens with one attached hydrogen (secondary N) is 1. The number of rotatable bonds is 8. The molecule has 144 valence electrons. The summed E-state index contributed by atoms with van der Waals surface area (Å²) in [6.07, 6.45) is 0. The summed E-state index contributed by atoms with van der Waals surface area (Å²) in [5.41, 5.74) is 3.46. The molecule has 1 amide bonds. The minimum absolute atomic E-state index is 0.321. The van der Waals surface area contributed by atoms with Crippen LogP contribution in [0.4, 0.5) is 0 Å². The SMILES string of the molecule is COc1cc(C(=O)OCC(=O)NCCOc2ccc(C)cc2C)ccc1C. The molecule has 0 unspecified atom stereocenters. The lowest BCUT2D eigenvalue weighted by molar-refractivity contribution is -0.124. The second kappa shape index (κ2) is 9.62. The summed E-state index contributed by atoms with van der Waals surface area (Å²) >= 11 is 0. The lowest BCUT2D eigenvalue weighted by Crippen LogP contribution is -2.32. The second-order valence-corrected chi connectivity index (χ2v) is 6.23. The maximum atomic E-state index is 12.0. The van der Waals surface area contributed by atoms with Crippen molar-refractivity contribution in [2.24, 2.45) is 0 Å². The Morgan fingerprint density at radius 1 is 0.963 bits per heavy atom. The van der Waals surface area contributed by atoms with Gasteiger partial charge in [-0.3, -0.25) is 4.79 Å². The molecule has 0 fully saturated rings. The molecule has 0 aromatic heterocycles. The molecule has 2 aromatic rings. The minimum atomic E-state index is -0.574. The number of benzene rings is 2. The van der Waals surface area contributed by atoms with E-state index in [1.807, 2.05) is 39.0 Å². The fourth-order valence-corrected chi connectivity index (χ4v) is 2.53. The number of hydrogen-bond donors (Lipinski definition) is 1. The first kappa shape index (κ1) is 20.3. The molecule has 0 saturated carbocycles. The van der Waals surface area contributed by atoms with Gasteiger partial charge in [0.25, 0.3) is 5.91 Å². The van der Waals surface area contributed by atoms with Gasteiger partial charge in [-0.1, -0.05) is 23.8 Å². The van der Waals surface area contributed by atoms with Crippen molar-refractivity contribution in [1.29, 1.82) is 0 Å². The molecule has 0 atom stereocenters. The Bertz CT molecular complexity index is 816. The van der Waals surface area contributed by atoms with E-state index >= 15 is 0 Å². The highest BCUT2D eigenvalue weighted by Gasteiger charge is 2.12. The van der Waals surface area contributed by atoms with E-state index in [0.717, 1.165) is 16.9 Å². The first-order valence-electron chi connectivity index (χ1n) is 8.69. The van der Waals surface area contributed by atoms with Crippen molar-refractivity contribution < 1.29 is 23.8 Å². The van der Waals surface area contributed by atoms with Gasteiger partial charge in [0.1, 0.15) is 18.1 Å². The van der Waals surface area contributed by atoms with Crippen LogP contribution in [0.1, 0.15) is 27.0 Å². The zero-order valence-corrected chi connectivity index (χ0v) is 16.1. The van der Waals surface area contributed by atoms with Crippen LogP contribution in [0, 0.1) is 20.8 Å². The Kier molecular flexibility index (Phi) is 7.23. The highest BCUT2D eigenvalue weighted by molar-refractivity contribution is 5.91. The molecule has 6 heteroatoms. The molecule has 0 aliphatic heterocycles. The maximum absolute atomic E-state index is 12.0. The number of hydrogen-bond acceptors (Lipinski definition) is 5. The molecule has 0 bridgehead atoms. The average molecular weight is 371 g/mol. The van der Waals surface area contributed by atoms with Crippen molar-refractivity contribution >= 4 is 11.9 Å². The third kappa shape index (κ3) is 6.02. The van der Waals surface area contributed by atoms with Crippen LogP contribution in [-0.2, 0) is 9.53 Å². The van der Waals surface area contributed by atoms with E-state index in [4.69, 9.17) is 14.2 Å². The maximum Gasteiger partial charge on any atom is 0.338 e. The summed E-state index contributed by atoms with van der Waals surface area (Å²) in [5, 5.41) is 2.66. The summed E-state index contributed by atoms with van der Waals surface area (Å²) in [6, 6.07) is 10.9. The Morgan fingerprint density at radius 2 is 1.74 bits per heavy atom. The first-order chi connectivity index (χ1) is 12.9. The van der Waals surface area contributed by atoms with E-state index in [2.05, 4.69) is 5.32 Å². The van der Waals surface area contributed by atoms with Crippen LogP contribution in [0.25, 0.3) is 0 Å². The van der Waals surface area contributed by atoms with Crippen LogP contribution >= 0.6 is 0 Å². The van der Waals surface area contributed by atoms with E-state index in [1.54, 1.807) is 18.2 Å². The van der Waals surface area contributed by atoms with Gasteiger partial charge in [0.2, 0.25) is 0 Å². The van der Waals surface area contributed by atoms with Gasteiger partial charge in [-0.2, -0.15) is 0 Å². The van der Waals surface area contributed by atoms with Crippen molar-refractivity contribution in [1.82, 2.24) is 5.32 Å². The number of carbonyl (C=O) groups is 2. The number of methoxy groups -OCH3 is 1. The summed E-state index contributed by atoms with van der Waals surface area (Å²) in [6.45, 7) is 6.17. The van der Waals surface area contributed by atoms with Crippen LogP contribution in [0.3, 0.4) is 0 Å². The molecular formula is C21H25NO5. The zero-order valence-electron chi connectivity index (χ0n) is 16.1. The molecule has 0 aliphatic rings. The Hall–Kier alpha value is -3.02. The van der Waals surface area contributed by atoms with Crippen molar-refractivity contribution in [3.8, 4) is 11.5 Å². The summed E-state index contributed by atoms with van der Waals surface area (Å²) < 4.78 is 15.8. The average Bonchev–Trinajstić information content (AvgIpc) is 2.65. The topological polar surface area (TPSA) is 73.9 Å². The van der Waals surface area contributed by atoms with Gasteiger partial charge >= 0.3 is 5.97 Å². The molecule has 0 saturated heterocycles. The Labute approximate surface area is 159 Å². The summed E-state index contributed by atoms with van der Waals surface area (Å²) in [7, 11) is 1.53. The van der Waals surface area contributed by atoms with Gasteiger partial charge in [0.15, 0.2) is 6.61 Å². The lowest BCUT2D eigenvalue weighted by atomic mass is 10.1. The molecule has 2 rings (SSSR count). The van der Waals surface area contributed by atoms with E-state index in [0.29, 0.717) is 24.5 Å². The highest BCUT2D eigenvalue weighted by atomic mass is 16.5. The van der Waals surface area contributed by atoms with Crippen LogP contribution < -0.4 is 14.8 Å². The molecule has 2 aromatic carbocycles. The number of ether oxygens (including phenoxy) is 3. The van der Waals surface area contributed by atoms with Crippen molar-refractivity contribution in [3.05, 3.63) is 58.7 Å². The molecule has 0 aliphatic carbocycles. The standard InChI is InChI=1S/C21H25NO5/c1-14-5-8-18(16(3)11-14)26-10-9-22-20(23)13-27-21(24)17-7-6-15(2)19(12-17)25-4/h5-8,11-12H,9-10,13H2,1-4H3,(H,22,23). The largest absolute Gasteiger partial charge is 0.496 e. The normalized spacial score (nSPS) is 10.2. The van der Waals surface area contributed by atoms with E-state index in [9.17, 15) is 9.59 Å². The Balaban J connectivity index is 1.72. The molecule has 0 spiro atoms. The van der Waals surface area contributed by atoms with Crippen LogP contribution in [0.15, 0.2) is 36.4 Å². The second-order valence-electron chi connectivity index (χ2n) is 6.23. The number of amides is 1. The molecule has 27 heavy (non-hydrogen) atoms. The minimum Gasteiger partial charge on any atom is -0.496 e. The fourth-order valence-electron chi connectivity index (χ4n) is 2.53. The predicted octanol–water partition coefficient (Wildman–Crippen LogP) is 2.97. The van der Waals surface area contributed by atoms with Gasteiger partial charge in [-0.05, 0) is 50.1 Å². The first-order valence-corrected chi connectivity index (χ1v) is 8.69. The quantitative estimate of drug-likeness (QED) is 0.570. The van der Waals surface area contributed by atoms with Crippen molar-refractivity contribution in [3.63, 3.8) is 0 Å². The van der Waals surface area contributed by atoms with Gasteiger partial charge in [-0.15, -0.1) is 0 Å². The number of esters is 1. The van der Waals surface area contributed by atoms with Crippen molar-refractivity contribution in [2.45, 2.75) is 20.8 Å². The molecule has 1 N–H and O–H groups in total. The van der Waals surface area contributed by atoms with Crippen LogP contribution in [0.2, 0.25) is 0 Å².